The molecule has 1 unspecified atom stereocenters. The number of carbonyl (C=O) groups excluding carboxylic acids is 2. The molecule has 21 atom stereocenters. The second-order valence-electron chi connectivity index (χ2n) is 19.5. The number of nitrogens with one attached hydrogen (secondary N) is 1. The van der Waals surface area contributed by atoms with Gasteiger partial charge in [0.2, 0.25) is 5.91 Å². The van der Waals surface area contributed by atoms with Crippen molar-refractivity contribution in [1.29, 1.82) is 0 Å². The third-order valence-electron chi connectivity index (χ3n) is 16.0. The Morgan fingerprint density at radius 1 is 0.807 bits per heavy atom. The Morgan fingerprint density at radius 3 is 2.19 bits per heavy atom. The van der Waals surface area contributed by atoms with Crippen molar-refractivity contribution in [3.8, 4) is 0 Å². The largest absolute Gasteiger partial charge is 0.394 e. The highest BCUT2D eigenvalue weighted by Crippen LogP contribution is 2.68. The quantitative estimate of drug-likeness (QED) is 0.118. The maximum atomic E-state index is 13.6. The van der Waals surface area contributed by atoms with Crippen LogP contribution >= 0.6 is 0 Å². The highest BCUT2D eigenvalue weighted by molar-refractivity contribution is 5.81. The lowest BCUT2D eigenvalue weighted by Crippen LogP contribution is -2.64. The summed E-state index contributed by atoms with van der Waals surface area (Å²) in [5, 5.41) is 77.8. The van der Waals surface area contributed by atoms with Gasteiger partial charge in [-0.2, -0.15) is 0 Å². The number of amides is 1. The van der Waals surface area contributed by atoms with Crippen LogP contribution in [0.2, 0.25) is 0 Å². The average molecular weight is 812 g/mol. The van der Waals surface area contributed by atoms with E-state index in [0.29, 0.717) is 43.1 Å². The van der Waals surface area contributed by atoms with Crippen molar-refractivity contribution in [3.05, 3.63) is 0 Å². The average Bonchev–Trinajstić information content (AvgIpc) is 3.46. The second kappa shape index (κ2) is 18.4. The summed E-state index contributed by atoms with van der Waals surface area (Å²) in [6.07, 6.45) is -4.57. The van der Waals surface area contributed by atoms with Crippen LogP contribution in [0.5, 0.6) is 0 Å². The molecule has 57 heavy (non-hydrogen) atoms. The van der Waals surface area contributed by atoms with Gasteiger partial charge < -0.3 is 60.0 Å². The maximum absolute atomic E-state index is 13.6. The van der Waals surface area contributed by atoms with Gasteiger partial charge in [-0.3, -0.25) is 9.59 Å². The molecule has 1 amide bonds. The number of carbonyl (C=O) groups is 2. The SMILES string of the molecule is CCCC(=O)NCC(C)CCC(=O)[C@@H](C)[C@H]1[C@H](O)C[C@H]2[C@@H]3CC[C@H]4C[C@@H](O[C@@H]5O[C@H](CO)[C@@H](O[C@@H]6O[C@@H](C)[C@H](O)[C@@H](O)[C@H]6O)[C@H](O)[C@H]5O)CC[C@]4(C)[C@H]3CC[C@]12C. The molecule has 6 rings (SSSR count). The van der Waals surface area contributed by atoms with Gasteiger partial charge in [0.25, 0.3) is 0 Å². The van der Waals surface area contributed by atoms with E-state index in [4.69, 9.17) is 18.9 Å². The topological polar surface area (TPSA) is 225 Å². The zero-order chi connectivity index (χ0) is 41.6. The molecule has 2 saturated heterocycles. The van der Waals surface area contributed by atoms with Gasteiger partial charge in [0, 0.05) is 25.3 Å². The predicted molar refractivity (Wildman–Crippen MR) is 207 cm³/mol. The lowest BCUT2D eigenvalue weighted by molar-refractivity contribution is -0.361. The molecule has 2 heterocycles. The minimum Gasteiger partial charge on any atom is -0.394 e. The Labute approximate surface area is 338 Å². The van der Waals surface area contributed by atoms with Crippen LogP contribution in [0.25, 0.3) is 0 Å². The summed E-state index contributed by atoms with van der Waals surface area (Å²) in [5.41, 5.74) is -0.0367. The molecule has 4 saturated carbocycles. The van der Waals surface area contributed by atoms with Crippen LogP contribution in [0.15, 0.2) is 0 Å². The summed E-state index contributed by atoms with van der Waals surface area (Å²) in [6, 6.07) is 0. The van der Waals surface area contributed by atoms with E-state index in [0.717, 1.165) is 64.2 Å². The van der Waals surface area contributed by atoms with E-state index >= 15 is 0 Å². The van der Waals surface area contributed by atoms with Gasteiger partial charge in [0.05, 0.1) is 24.9 Å². The molecule has 14 heteroatoms. The molecular weight excluding hydrogens is 738 g/mol. The summed E-state index contributed by atoms with van der Waals surface area (Å²) < 4.78 is 23.7. The van der Waals surface area contributed by atoms with Gasteiger partial charge in [-0.25, -0.2) is 0 Å². The standard InChI is InChI=1S/C43H73NO13/c1-7-8-32(48)44-19-21(2)9-12-29(46)22(3)33-30(47)18-28-26-11-10-24-17-25(13-15-42(24,5)27(26)14-16-43(28,33)6)55-41-38(53)36(51)39(31(20-45)56-41)57-40-37(52)35(50)34(49)23(4)54-40/h21-28,30-31,33-41,45,47,49-53H,7-20H2,1-6H3,(H,44,48)/t21?,22-,23+,24+,25+,26-,27+,28+,30-,31-,33+,34+,35-,36-,37-,38-,39-,40+,41-,42+,43+/m1/s1. The van der Waals surface area contributed by atoms with Gasteiger partial charge in [0.15, 0.2) is 12.6 Å². The molecule has 4 aliphatic carbocycles. The first-order chi connectivity index (χ1) is 26.9. The highest BCUT2D eigenvalue weighted by Gasteiger charge is 2.63. The third-order valence-corrected chi connectivity index (χ3v) is 16.0. The summed E-state index contributed by atoms with van der Waals surface area (Å²) >= 11 is 0. The highest BCUT2D eigenvalue weighted by atomic mass is 16.7. The van der Waals surface area contributed by atoms with E-state index in [-0.39, 0.29) is 46.4 Å². The molecule has 0 spiro atoms. The van der Waals surface area contributed by atoms with Crippen LogP contribution in [0.1, 0.15) is 119 Å². The van der Waals surface area contributed by atoms with Crippen LogP contribution in [0.4, 0.5) is 0 Å². The van der Waals surface area contributed by atoms with Crippen molar-refractivity contribution in [2.24, 2.45) is 52.3 Å². The fourth-order valence-corrected chi connectivity index (χ4v) is 12.6. The normalized spacial score (nSPS) is 48.3. The smallest absolute Gasteiger partial charge is 0.219 e. The first kappa shape index (κ1) is 45.2. The molecule has 6 fully saturated rings. The molecule has 0 radical (unpaired) electrons. The summed E-state index contributed by atoms with van der Waals surface area (Å²) in [5.74, 6) is 1.86. The number of ketones is 1. The van der Waals surface area contributed by atoms with E-state index in [9.17, 15) is 45.3 Å². The number of Topliss-reactive ketones (excluding diaryl/α,β-unsaturated/α-hetero) is 1. The lowest BCUT2D eigenvalue weighted by atomic mass is 9.44. The van der Waals surface area contributed by atoms with Crippen molar-refractivity contribution in [3.63, 3.8) is 0 Å². The number of hydrogen-bond acceptors (Lipinski definition) is 13. The molecule has 0 bridgehead atoms. The fourth-order valence-electron chi connectivity index (χ4n) is 12.6. The summed E-state index contributed by atoms with van der Waals surface area (Å²) in [7, 11) is 0. The van der Waals surface area contributed by atoms with Gasteiger partial charge >= 0.3 is 0 Å². The second-order valence-corrected chi connectivity index (χ2v) is 19.5. The first-order valence-corrected chi connectivity index (χ1v) is 22.1. The minimum absolute atomic E-state index is 0.0555. The van der Waals surface area contributed by atoms with Crippen molar-refractivity contribution in [1.82, 2.24) is 5.32 Å². The number of fused-ring (bicyclic) bond motifs is 5. The van der Waals surface area contributed by atoms with Crippen LogP contribution in [-0.2, 0) is 28.5 Å². The van der Waals surface area contributed by atoms with Crippen molar-refractivity contribution >= 4 is 11.7 Å². The minimum atomic E-state index is -1.63. The van der Waals surface area contributed by atoms with E-state index in [1.165, 1.54) is 6.92 Å². The molecule has 8 N–H and O–H groups in total. The van der Waals surface area contributed by atoms with Crippen LogP contribution in [-0.4, -0.2) is 134 Å². The maximum Gasteiger partial charge on any atom is 0.219 e. The monoisotopic (exact) mass is 812 g/mol. The summed E-state index contributed by atoms with van der Waals surface area (Å²) in [4.78, 5) is 25.6. The zero-order valence-electron chi connectivity index (χ0n) is 34.9. The molecule has 14 nitrogen and oxygen atoms in total. The number of ether oxygens (including phenoxy) is 4. The van der Waals surface area contributed by atoms with Crippen LogP contribution < -0.4 is 5.32 Å². The number of hydrogen-bond donors (Lipinski definition) is 8. The van der Waals surface area contributed by atoms with E-state index in [1.54, 1.807) is 0 Å². The molecule has 2 aliphatic heterocycles. The first-order valence-electron chi connectivity index (χ1n) is 22.1. The number of rotatable bonds is 14. The predicted octanol–water partition coefficient (Wildman–Crippen LogP) is 2.19. The molecule has 0 aromatic heterocycles. The molecule has 0 aromatic rings. The number of aliphatic hydroxyl groups is 7. The Kier molecular flexibility index (Phi) is 14.6. The van der Waals surface area contributed by atoms with Gasteiger partial charge in [-0.1, -0.05) is 34.6 Å². The van der Waals surface area contributed by atoms with Gasteiger partial charge in [-0.05, 0) is 117 Å². The zero-order valence-corrected chi connectivity index (χ0v) is 34.9. The van der Waals surface area contributed by atoms with Gasteiger partial charge in [0.1, 0.15) is 48.5 Å². The molecular formula is C43H73NO13. The lowest BCUT2D eigenvalue weighted by Gasteiger charge is -2.61. The summed E-state index contributed by atoms with van der Waals surface area (Å²) in [6.45, 7) is 12.3. The Morgan fingerprint density at radius 2 is 1.49 bits per heavy atom. The Balaban J connectivity index is 1.03. The van der Waals surface area contributed by atoms with Crippen LogP contribution in [0.3, 0.4) is 0 Å². The van der Waals surface area contributed by atoms with Crippen molar-refractivity contribution < 1.29 is 64.3 Å². The van der Waals surface area contributed by atoms with Crippen molar-refractivity contribution in [2.75, 3.05) is 13.2 Å². The molecule has 328 valence electrons. The molecule has 6 aliphatic rings. The Hall–Kier alpha value is -1.30. The van der Waals surface area contributed by atoms with Crippen molar-refractivity contribution in [2.45, 2.75) is 192 Å². The Bertz CT molecular complexity index is 1370. The van der Waals surface area contributed by atoms with E-state index < -0.39 is 74.1 Å². The van der Waals surface area contributed by atoms with E-state index in [2.05, 4.69) is 26.1 Å². The fraction of sp³-hybridized carbons (Fsp3) is 0.953. The third kappa shape index (κ3) is 8.89. The van der Waals surface area contributed by atoms with Gasteiger partial charge in [-0.15, -0.1) is 0 Å². The van der Waals surface area contributed by atoms with E-state index in [1.807, 2.05) is 13.8 Å². The number of aliphatic hydroxyl groups excluding tert-OH is 7. The van der Waals surface area contributed by atoms with Crippen LogP contribution in [0, 0.1) is 52.3 Å². The molecule has 0 aromatic carbocycles.